The highest BCUT2D eigenvalue weighted by atomic mass is 19.1. The number of benzene rings is 1. The quantitative estimate of drug-likeness (QED) is 0.680. The van der Waals surface area contributed by atoms with E-state index in [1.54, 1.807) is 4.90 Å². The van der Waals surface area contributed by atoms with E-state index in [1.807, 2.05) is 6.92 Å². The number of nitro benzene ring substituents is 1. The van der Waals surface area contributed by atoms with Crippen molar-refractivity contribution in [2.75, 3.05) is 11.4 Å². The fraction of sp³-hybridized carbons (Fsp3) is 0.462. The molecule has 1 aliphatic heterocycles. The third kappa shape index (κ3) is 2.56. The molecule has 1 N–H and O–H groups in total. The van der Waals surface area contributed by atoms with Gasteiger partial charge in [0.2, 0.25) is 0 Å². The number of nitrogens with zero attached hydrogens (tertiary/aromatic N) is 2. The van der Waals surface area contributed by atoms with Crippen molar-refractivity contribution in [1.29, 1.82) is 0 Å². The predicted octanol–water partition coefficient (Wildman–Crippen LogP) is 2.81. The summed E-state index contributed by atoms with van der Waals surface area (Å²) in [7, 11) is 0. The maximum absolute atomic E-state index is 14.1. The molecule has 7 heteroatoms. The minimum Gasteiger partial charge on any atom is -0.477 e. The Kier molecular flexibility index (Phi) is 3.87. The van der Waals surface area contributed by atoms with Gasteiger partial charge in [0.15, 0.2) is 5.82 Å². The number of piperidine rings is 1. The van der Waals surface area contributed by atoms with Crippen molar-refractivity contribution in [3.05, 3.63) is 33.6 Å². The van der Waals surface area contributed by atoms with E-state index >= 15 is 0 Å². The number of hydrogen-bond acceptors (Lipinski definition) is 4. The second kappa shape index (κ2) is 5.44. The minimum absolute atomic E-state index is 0.0846. The lowest BCUT2D eigenvalue weighted by Crippen LogP contribution is -2.38. The van der Waals surface area contributed by atoms with Crippen LogP contribution in [0.25, 0.3) is 0 Å². The first kappa shape index (κ1) is 14.2. The van der Waals surface area contributed by atoms with Gasteiger partial charge in [0, 0.05) is 12.6 Å². The lowest BCUT2D eigenvalue weighted by atomic mass is 10.0. The summed E-state index contributed by atoms with van der Waals surface area (Å²) in [6.07, 6.45) is 2.82. The maximum atomic E-state index is 14.1. The Hall–Kier alpha value is -2.18. The van der Waals surface area contributed by atoms with Crippen LogP contribution in [0.5, 0.6) is 0 Å². The van der Waals surface area contributed by atoms with Crippen molar-refractivity contribution >= 4 is 17.3 Å². The van der Waals surface area contributed by atoms with Crippen molar-refractivity contribution in [2.24, 2.45) is 0 Å². The molecule has 0 bridgehead atoms. The summed E-state index contributed by atoms with van der Waals surface area (Å²) in [5.74, 6) is -2.18. The molecule has 1 saturated heterocycles. The van der Waals surface area contributed by atoms with E-state index in [2.05, 4.69) is 0 Å². The van der Waals surface area contributed by atoms with E-state index in [1.165, 1.54) is 0 Å². The molecule has 1 aromatic carbocycles. The molecular weight excluding hydrogens is 267 g/mol. The zero-order chi connectivity index (χ0) is 14.9. The van der Waals surface area contributed by atoms with Gasteiger partial charge < -0.3 is 10.0 Å². The standard InChI is InChI=1S/C13H15FN2O4/c1-8-4-2-3-5-15(8)12-6-9(13(17)18)11(16(19)20)7-10(12)14/h6-8H,2-5H2,1H3,(H,17,18). The number of carboxylic acid groups (broad SMARTS) is 1. The van der Waals surface area contributed by atoms with Crippen LogP contribution in [0.2, 0.25) is 0 Å². The Bertz CT molecular complexity index is 562. The highest BCUT2D eigenvalue weighted by Gasteiger charge is 2.28. The van der Waals surface area contributed by atoms with Gasteiger partial charge in [-0.05, 0) is 32.3 Å². The molecule has 0 aromatic heterocycles. The Balaban J connectivity index is 2.51. The Morgan fingerprint density at radius 3 is 2.75 bits per heavy atom. The molecule has 0 amide bonds. The SMILES string of the molecule is CC1CCCCN1c1cc(C(=O)O)c([N+](=O)[O-])cc1F. The molecule has 0 saturated carbocycles. The lowest BCUT2D eigenvalue weighted by molar-refractivity contribution is -0.385. The fourth-order valence-electron chi connectivity index (χ4n) is 2.55. The van der Waals surface area contributed by atoms with Gasteiger partial charge in [-0.15, -0.1) is 0 Å². The zero-order valence-electron chi connectivity index (χ0n) is 11.0. The summed E-state index contributed by atoms with van der Waals surface area (Å²) < 4.78 is 14.1. The molecule has 108 valence electrons. The normalized spacial score (nSPS) is 18.9. The first-order valence-corrected chi connectivity index (χ1v) is 6.39. The molecular formula is C13H15FN2O4. The molecule has 6 nitrogen and oxygen atoms in total. The van der Waals surface area contributed by atoms with E-state index < -0.39 is 28.0 Å². The second-order valence-corrected chi connectivity index (χ2v) is 4.92. The molecule has 1 unspecified atom stereocenters. The van der Waals surface area contributed by atoms with Crippen LogP contribution in [0.3, 0.4) is 0 Å². The van der Waals surface area contributed by atoms with Crippen LogP contribution in [-0.2, 0) is 0 Å². The summed E-state index contributed by atoms with van der Waals surface area (Å²) in [6, 6.07) is 1.85. The van der Waals surface area contributed by atoms with E-state index in [-0.39, 0.29) is 11.7 Å². The Labute approximate surface area is 115 Å². The monoisotopic (exact) mass is 282 g/mol. The summed E-state index contributed by atoms with van der Waals surface area (Å²) >= 11 is 0. The van der Waals surface area contributed by atoms with Gasteiger partial charge in [-0.3, -0.25) is 10.1 Å². The Morgan fingerprint density at radius 1 is 1.50 bits per heavy atom. The Morgan fingerprint density at radius 2 is 2.20 bits per heavy atom. The average Bonchev–Trinajstić information content (AvgIpc) is 2.39. The van der Waals surface area contributed by atoms with Gasteiger partial charge in [-0.1, -0.05) is 0 Å². The molecule has 0 radical (unpaired) electrons. The predicted molar refractivity (Wildman–Crippen MR) is 70.7 cm³/mol. The maximum Gasteiger partial charge on any atom is 0.342 e. The molecule has 2 rings (SSSR count). The molecule has 1 atom stereocenters. The topological polar surface area (TPSA) is 83.7 Å². The van der Waals surface area contributed by atoms with Gasteiger partial charge in [0.25, 0.3) is 5.69 Å². The van der Waals surface area contributed by atoms with Crippen molar-refractivity contribution in [1.82, 2.24) is 0 Å². The van der Waals surface area contributed by atoms with Crippen LogP contribution in [-0.4, -0.2) is 28.6 Å². The summed E-state index contributed by atoms with van der Waals surface area (Å²) in [6.45, 7) is 2.55. The van der Waals surface area contributed by atoms with Gasteiger partial charge >= 0.3 is 5.97 Å². The number of anilines is 1. The molecule has 1 aromatic rings. The molecule has 1 heterocycles. The number of halogens is 1. The average molecular weight is 282 g/mol. The zero-order valence-corrected chi connectivity index (χ0v) is 11.0. The van der Waals surface area contributed by atoms with Gasteiger partial charge in [0.05, 0.1) is 16.7 Å². The highest BCUT2D eigenvalue weighted by molar-refractivity contribution is 5.93. The largest absolute Gasteiger partial charge is 0.477 e. The third-order valence-electron chi connectivity index (χ3n) is 3.60. The number of carbonyl (C=O) groups is 1. The number of nitro groups is 1. The number of carboxylic acids is 1. The fourth-order valence-corrected chi connectivity index (χ4v) is 2.55. The van der Waals surface area contributed by atoms with Crippen LogP contribution >= 0.6 is 0 Å². The van der Waals surface area contributed by atoms with Crippen molar-refractivity contribution in [3.8, 4) is 0 Å². The molecule has 0 aliphatic carbocycles. The molecule has 0 spiro atoms. The van der Waals surface area contributed by atoms with Crippen LogP contribution in [0.4, 0.5) is 15.8 Å². The second-order valence-electron chi connectivity index (χ2n) is 4.92. The van der Waals surface area contributed by atoms with E-state index in [4.69, 9.17) is 5.11 Å². The van der Waals surface area contributed by atoms with Gasteiger partial charge in [-0.25, -0.2) is 9.18 Å². The molecule has 1 fully saturated rings. The van der Waals surface area contributed by atoms with Crippen molar-refractivity contribution in [3.63, 3.8) is 0 Å². The van der Waals surface area contributed by atoms with Gasteiger partial charge in [-0.2, -0.15) is 0 Å². The van der Waals surface area contributed by atoms with Crippen LogP contribution in [0.15, 0.2) is 12.1 Å². The van der Waals surface area contributed by atoms with Crippen LogP contribution in [0.1, 0.15) is 36.5 Å². The van der Waals surface area contributed by atoms with Gasteiger partial charge in [0.1, 0.15) is 5.56 Å². The minimum atomic E-state index is -1.43. The number of aromatic carboxylic acids is 1. The van der Waals surface area contributed by atoms with E-state index in [0.717, 1.165) is 25.3 Å². The molecule has 20 heavy (non-hydrogen) atoms. The lowest BCUT2D eigenvalue weighted by Gasteiger charge is -2.35. The number of hydrogen-bond donors (Lipinski definition) is 1. The summed E-state index contributed by atoms with van der Waals surface area (Å²) in [4.78, 5) is 22.8. The first-order valence-electron chi connectivity index (χ1n) is 6.39. The summed E-state index contributed by atoms with van der Waals surface area (Å²) in [5.41, 5.74) is -1.08. The smallest absolute Gasteiger partial charge is 0.342 e. The first-order chi connectivity index (χ1) is 9.41. The molecule has 1 aliphatic rings. The van der Waals surface area contributed by atoms with Crippen LogP contribution < -0.4 is 4.90 Å². The summed E-state index contributed by atoms with van der Waals surface area (Å²) in [5, 5.41) is 19.8. The van der Waals surface area contributed by atoms with Crippen molar-refractivity contribution in [2.45, 2.75) is 32.2 Å². The highest BCUT2D eigenvalue weighted by Crippen LogP contribution is 2.32. The van der Waals surface area contributed by atoms with E-state index in [0.29, 0.717) is 12.6 Å². The van der Waals surface area contributed by atoms with E-state index in [9.17, 15) is 19.3 Å². The van der Waals surface area contributed by atoms with Crippen LogP contribution in [0, 0.1) is 15.9 Å². The number of rotatable bonds is 3. The third-order valence-corrected chi connectivity index (χ3v) is 3.60. The van der Waals surface area contributed by atoms with Crippen molar-refractivity contribution < 1.29 is 19.2 Å².